The van der Waals surface area contributed by atoms with Gasteiger partial charge in [-0.2, -0.15) is 0 Å². The van der Waals surface area contributed by atoms with E-state index in [1.807, 2.05) is 11.9 Å². The van der Waals surface area contributed by atoms with Gasteiger partial charge in [0.25, 0.3) is 0 Å². The molecule has 2 N–H and O–H groups in total. The van der Waals surface area contributed by atoms with Gasteiger partial charge in [0.1, 0.15) is 17.7 Å². The molecule has 1 aromatic carbocycles. The summed E-state index contributed by atoms with van der Waals surface area (Å²) in [4.78, 5) is 2.51. The van der Waals surface area contributed by atoms with Crippen LogP contribution in [0.1, 0.15) is 24.5 Å². The van der Waals surface area contributed by atoms with Gasteiger partial charge < -0.3 is 10.5 Å². The lowest BCUT2D eigenvalue weighted by molar-refractivity contribution is -0.0480. The minimum atomic E-state index is -0.571. The topological polar surface area (TPSA) is 41.7 Å². The van der Waals surface area contributed by atoms with Crippen LogP contribution in [0.2, 0.25) is 0 Å². The number of hydrogen-bond acceptors (Lipinski definition) is 5. The molecule has 0 radical (unpaired) electrons. The Morgan fingerprint density at radius 2 is 2.00 bits per heavy atom. The second kappa shape index (κ2) is 7.72. The molecule has 0 spiro atoms. The molecule has 3 saturated heterocycles. The molecule has 0 bridgehead atoms. The number of halogens is 2. The van der Waals surface area contributed by atoms with Gasteiger partial charge in [-0.15, -0.1) is 0 Å². The average molecular weight is 384 g/mol. The van der Waals surface area contributed by atoms with Gasteiger partial charge >= 0.3 is 0 Å². The number of benzene rings is 1. The summed E-state index contributed by atoms with van der Waals surface area (Å²) in [7, 11) is 0. The molecular weight excluding hydrogens is 356 g/mol. The van der Waals surface area contributed by atoms with Crippen LogP contribution < -0.4 is 5.73 Å². The molecule has 7 heteroatoms. The number of fused-ring (bicyclic) bond motifs is 1. The van der Waals surface area contributed by atoms with E-state index in [2.05, 4.69) is 15.5 Å². The van der Waals surface area contributed by atoms with E-state index in [0.717, 1.165) is 50.7 Å². The van der Waals surface area contributed by atoms with Crippen LogP contribution in [-0.2, 0) is 4.74 Å². The molecule has 4 unspecified atom stereocenters. The SMILES string of the molecule is CSN1CCC2CN(C3CO[C@H](c4cc(F)ccc4F)C(N)C3)CC2C1. The van der Waals surface area contributed by atoms with E-state index in [1.54, 1.807) is 0 Å². The van der Waals surface area contributed by atoms with E-state index >= 15 is 0 Å². The summed E-state index contributed by atoms with van der Waals surface area (Å²) < 4.78 is 36.0. The molecule has 144 valence electrons. The molecular formula is C19H27F2N3OS. The summed E-state index contributed by atoms with van der Waals surface area (Å²) in [5, 5.41) is 0. The minimum Gasteiger partial charge on any atom is -0.370 e. The van der Waals surface area contributed by atoms with Crippen LogP contribution in [0.15, 0.2) is 18.2 Å². The highest BCUT2D eigenvalue weighted by atomic mass is 32.2. The molecule has 3 aliphatic heterocycles. The number of rotatable bonds is 3. The van der Waals surface area contributed by atoms with Crippen molar-refractivity contribution in [3.05, 3.63) is 35.4 Å². The summed E-state index contributed by atoms with van der Waals surface area (Å²) in [6.45, 7) is 5.03. The summed E-state index contributed by atoms with van der Waals surface area (Å²) >= 11 is 1.84. The third-order valence-electron chi connectivity index (χ3n) is 6.23. The molecule has 0 saturated carbocycles. The number of hydrogen-bond donors (Lipinski definition) is 1. The highest BCUT2D eigenvalue weighted by Crippen LogP contribution is 2.37. The fraction of sp³-hybridized carbons (Fsp3) is 0.684. The maximum Gasteiger partial charge on any atom is 0.129 e. The Kier molecular flexibility index (Phi) is 5.53. The van der Waals surface area contributed by atoms with Crippen molar-refractivity contribution >= 4 is 11.9 Å². The molecule has 3 fully saturated rings. The van der Waals surface area contributed by atoms with Gasteiger partial charge in [0, 0.05) is 43.8 Å². The van der Waals surface area contributed by atoms with Gasteiger partial charge in [-0.3, -0.25) is 9.21 Å². The Hall–Kier alpha value is -0.730. The molecule has 0 aromatic heterocycles. The lowest BCUT2D eigenvalue weighted by Gasteiger charge is -2.39. The first kappa shape index (κ1) is 18.6. The number of nitrogens with two attached hydrogens (primary N) is 1. The van der Waals surface area contributed by atoms with Crippen molar-refractivity contribution in [3.63, 3.8) is 0 Å². The van der Waals surface area contributed by atoms with Crippen molar-refractivity contribution in [1.29, 1.82) is 0 Å². The largest absolute Gasteiger partial charge is 0.370 e. The average Bonchev–Trinajstić information content (AvgIpc) is 3.07. The highest BCUT2D eigenvalue weighted by molar-refractivity contribution is 7.96. The first-order valence-electron chi connectivity index (χ1n) is 9.40. The second-order valence-corrected chi connectivity index (χ2v) is 8.69. The smallest absolute Gasteiger partial charge is 0.129 e. The molecule has 0 amide bonds. The normalized spacial score (nSPS) is 36.2. The lowest BCUT2D eigenvalue weighted by atomic mass is 9.90. The summed E-state index contributed by atoms with van der Waals surface area (Å²) in [6, 6.07) is 3.43. The minimum absolute atomic E-state index is 0.238. The van der Waals surface area contributed by atoms with Crippen LogP contribution in [0.3, 0.4) is 0 Å². The molecule has 26 heavy (non-hydrogen) atoms. The summed E-state index contributed by atoms with van der Waals surface area (Å²) in [5.74, 6) is 0.565. The van der Waals surface area contributed by atoms with E-state index in [9.17, 15) is 8.78 Å². The number of ether oxygens (including phenoxy) is 1. The predicted molar refractivity (Wildman–Crippen MR) is 99.7 cm³/mol. The van der Waals surface area contributed by atoms with Gasteiger partial charge in [0.05, 0.1) is 6.61 Å². The molecule has 4 rings (SSSR count). The molecule has 3 heterocycles. The van der Waals surface area contributed by atoms with Crippen molar-refractivity contribution in [2.75, 3.05) is 39.0 Å². The Morgan fingerprint density at radius 1 is 1.19 bits per heavy atom. The Labute approximate surface area is 158 Å². The van der Waals surface area contributed by atoms with Crippen LogP contribution in [0, 0.1) is 23.5 Å². The summed E-state index contributed by atoms with van der Waals surface area (Å²) in [6.07, 6.45) is 3.58. The van der Waals surface area contributed by atoms with E-state index in [4.69, 9.17) is 10.5 Å². The van der Waals surface area contributed by atoms with Gasteiger partial charge in [0.15, 0.2) is 0 Å². The highest BCUT2D eigenvalue weighted by Gasteiger charge is 2.42. The van der Waals surface area contributed by atoms with E-state index in [1.165, 1.54) is 12.5 Å². The fourth-order valence-electron chi connectivity index (χ4n) is 4.79. The fourth-order valence-corrected chi connectivity index (χ4v) is 5.42. The zero-order chi connectivity index (χ0) is 18.3. The van der Waals surface area contributed by atoms with Crippen LogP contribution >= 0.6 is 11.9 Å². The van der Waals surface area contributed by atoms with Gasteiger partial charge in [-0.25, -0.2) is 8.78 Å². The van der Waals surface area contributed by atoms with Gasteiger partial charge in [0.2, 0.25) is 0 Å². The maximum atomic E-state index is 14.1. The van der Waals surface area contributed by atoms with Crippen molar-refractivity contribution in [1.82, 2.24) is 9.21 Å². The van der Waals surface area contributed by atoms with Crippen molar-refractivity contribution in [2.24, 2.45) is 17.6 Å². The molecule has 1 aromatic rings. The van der Waals surface area contributed by atoms with Gasteiger partial charge in [-0.05, 0) is 49.1 Å². The van der Waals surface area contributed by atoms with E-state index < -0.39 is 17.7 Å². The second-order valence-electron chi connectivity index (χ2n) is 7.81. The van der Waals surface area contributed by atoms with Crippen LogP contribution in [0.25, 0.3) is 0 Å². The molecule has 4 nitrogen and oxygen atoms in total. The standard InChI is InChI=1S/C19H27F2N3OS/c1-26-24-5-4-12-8-23(9-13(12)10-24)15-7-18(22)19(25-11-15)16-6-14(20)2-3-17(16)21/h2-3,6,12-13,15,18-19H,4-5,7-11,22H2,1H3/t12?,13?,15?,18?,19-/m1/s1. The zero-order valence-corrected chi connectivity index (χ0v) is 15.9. The first-order valence-corrected chi connectivity index (χ1v) is 10.6. The third kappa shape index (κ3) is 3.64. The lowest BCUT2D eigenvalue weighted by Crippen LogP contribution is -2.48. The number of likely N-dealkylation sites (tertiary alicyclic amines) is 1. The number of nitrogens with zero attached hydrogens (tertiary/aromatic N) is 2. The third-order valence-corrected chi connectivity index (χ3v) is 7.08. The van der Waals surface area contributed by atoms with Crippen molar-refractivity contribution in [2.45, 2.75) is 31.0 Å². The monoisotopic (exact) mass is 383 g/mol. The zero-order valence-electron chi connectivity index (χ0n) is 15.1. The molecule has 3 aliphatic rings. The van der Waals surface area contributed by atoms with Crippen LogP contribution in [-0.4, -0.2) is 60.3 Å². The predicted octanol–water partition coefficient (Wildman–Crippen LogP) is 2.65. The van der Waals surface area contributed by atoms with Crippen molar-refractivity contribution < 1.29 is 13.5 Å². The van der Waals surface area contributed by atoms with Crippen molar-refractivity contribution in [3.8, 4) is 0 Å². The van der Waals surface area contributed by atoms with Crippen LogP contribution in [0.5, 0.6) is 0 Å². The van der Waals surface area contributed by atoms with Crippen LogP contribution in [0.4, 0.5) is 8.78 Å². The number of piperidine rings is 1. The van der Waals surface area contributed by atoms with E-state index in [-0.39, 0.29) is 17.6 Å². The van der Waals surface area contributed by atoms with Gasteiger partial charge in [-0.1, -0.05) is 11.9 Å². The first-order chi connectivity index (χ1) is 12.5. The Morgan fingerprint density at radius 3 is 2.77 bits per heavy atom. The summed E-state index contributed by atoms with van der Waals surface area (Å²) in [5.41, 5.74) is 6.56. The quantitative estimate of drug-likeness (QED) is 0.813. The molecule has 0 aliphatic carbocycles. The van der Waals surface area contributed by atoms with E-state index in [0.29, 0.717) is 12.5 Å². The maximum absolute atomic E-state index is 14.1. The Bertz CT molecular complexity index is 649. The Balaban J connectivity index is 1.39. The molecule has 5 atom stereocenters.